The van der Waals surface area contributed by atoms with Gasteiger partial charge in [-0.2, -0.15) is 0 Å². The fourth-order valence-electron chi connectivity index (χ4n) is 1.47. The predicted molar refractivity (Wildman–Crippen MR) is 63.7 cm³/mol. The third-order valence-electron chi connectivity index (χ3n) is 2.41. The van der Waals surface area contributed by atoms with Crippen LogP contribution >= 0.6 is 0 Å². The Morgan fingerprint density at radius 3 is 2.20 bits per heavy atom. The SMILES string of the molecule is NC(=O)CC[C@@H](NC(=O)c1cc(F)cc(F)c1)C(=O)O. The zero-order valence-corrected chi connectivity index (χ0v) is 10.2. The lowest BCUT2D eigenvalue weighted by Gasteiger charge is -2.13. The van der Waals surface area contributed by atoms with E-state index in [-0.39, 0.29) is 18.4 Å². The maximum Gasteiger partial charge on any atom is 0.326 e. The van der Waals surface area contributed by atoms with Gasteiger partial charge in [0.25, 0.3) is 5.91 Å². The Bertz CT molecular complexity index is 528. The van der Waals surface area contributed by atoms with Crippen molar-refractivity contribution in [2.45, 2.75) is 18.9 Å². The first-order valence-electron chi connectivity index (χ1n) is 5.57. The molecule has 0 aliphatic rings. The molecular weight excluding hydrogens is 274 g/mol. The normalized spacial score (nSPS) is 11.7. The van der Waals surface area contributed by atoms with E-state index in [1.54, 1.807) is 0 Å². The van der Waals surface area contributed by atoms with Crippen LogP contribution in [0, 0.1) is 11.6 Å². The smallest absolute Gasteiger partial charge is 0.326 e. The van der Waals surface area contributed by atoms with Crippen molar-refractivity contribution in [3.8, 4) is 0 Å². The number of primary amides is 1. The van der Waals surface area contributed by atoms with E-state index < -0.39 is 35.5 Å². The molecule has 1 aromatic carbocycles. The number of carboxylic acid groups (broad SMARTS) is 1. The molecule has 1 atom stereocenters. The van der Waals surface area contributed by atoms with Gasteiger partial charge in [0, 0.05) is 18.1 Å². The Hall–Kier alpha value is -2.51. The highest BCUT2D eigenvalue weighted by Gasteiger charge is 2.21. The molecule has 0 spiro atoms. The molecule has 0 fully saturated rings. The molecule has 108 valence electrons. The van der Waals surface area contributed by atoms with Crippen molar-refractivity contribution in [1.82, 2.24) is 5.32 Å². The van der Waals surface area contributed by atoms with Gasteiger partial charge >= 0.3 is 5.97 Å². The van der Waals surface area contributed by atoms with Crippen molar-refractivity contribution >= 4 is 17.8 Å². The summed E-state index contributed by atoms with van der Waals surface area (Å²) in [5, 5.41) is 10.9. The Labute approximate surface area is 112 Å². The van der Waals surface area contributed by atoms with Gasteiger partial charge in [0.2, 0.25) is 5.91 Å². The molecule has 0 aliphatic heterocycles. The van der Waals surface area contributed by atoms with Gasteiger partial charge in [-0.25, -0.2) is 13.6 Å². The minimum atomic E-state index is -1.38. The van der Waals surface area contributed by atoms with Crippen LogP contribution < -0.4 is 11.1 Å². The van der Waals surface area contributed by atoms with Crippen LogP contribution in [-0.4, -0.2) is 28.9 Å². The van der Waals surface area contributed by atoms with Gasteiger partial charge in [0.05, 0.1) is 0 Å². The number of benzene rings is 1. The molecule has 0 bridgehead atoms. The second-order valence-corrected chi connectivity index (χ2v) is 4.03. The highest BCUT2D eigenvalue weighted by Crippen LogP contribution is 2.09. The number of hydrogen-bond acceptors (Lipinski definition) is 3. The van der Waals surface area contributed by atoms with Gasteiger partial charge in [-0.15, -0.1) is 0 Å². The van der Waals surface area contributed by atoms with E-state index in [1.165, 1.54) is 0 Å². The summed E-state index contributed by atoms with van der Waals surface area (Å²) in [6.07, 6.45) is -0.455. The molecule has 1 rings (SSSR count). The van der Waals surface area contributed by atoms with Crippen LogP contribution in [0.5, 0.6) is 0 Å². The van der Waals surface area contributed by atoms with Crippen molar-refractivity contribution in [3.63, 3.8) is 0 Å². The maximum absolute atomic E-state index is 12.9. The molecule has 0 heterocycles. The molecule has 6 nitrogen and oxygen atoms in total. The highest BCUT2D eigenvalue weighted by atomic mass is 19.1. The summed E-state index contributed by atoms with van der Waals surface area (Å²) in [5.41, 5.74) is 4.52. The number of amides is 2. The summed E-state index contributed by atoms with van der Waals surface area (Å²) < 4.78 is 25.9. The number of aliphatic carboxylic acids is 1. The maximum atomic E-state index is 12.9. The number of hydrogen-bond donors (Lipinski definition) is 3. The van der Waals surface area contributed by atoms with Gasteiger partial charge in [-0.05, 0) is 18.6 Å². The third-order valence-corrected chi connectivity index (χ3v) is 2.41. The second-order valence-electron chi connectivity index (χ2n) is 4.03. The van der Waals surface area contributed by atoms with Crippen molar-refractivity contribution < 1.29 is 28.3 Å². The van der Waals surface area contributed by atoms with Crippen LogP contribution in [0.25, 0.3) is 0 Å². The molecular formula is C12H12F2N2O4. The van der Waals surface area contributed by atoms with E-state index in [0.717, 1.165) is 12.1 Å². The largest absolute Gasteiger partial charge is 0.480 e. The zero-order chi connectivity index (χ0) is 15.3. The molecule has 4 N–H and O–H groups in total. The van der Waals surface area contributed by atoms with Gasteiger partial charge in [-0.3, -0.25) is 9.59 Å². The van der Waals surface area contributed by atoms with Gasteiger partial charge in [-0.1, -0.05) is 0 Å². The van der Waals surface area contributed by atoms with Crippen LogP contribution in [0.2, 0.25) is 0 Å². The van der Waals surface area contributed by atoms with Crippen LogP contribution in [0.15, 0.2) is 18.2 Å². The van der Waals surface area contributed by atoms with E-state index in [0.29, 0.717) is 6.07 Å². The number of carbonyl (C=O) groups is 3. The zero-order valence-electron chi connectivity index (χ0n) is 10.2. The molecule has 0 saturated heterocycles. The Morgan fingerprint density at radius 2 is 1.75 bits per heavy atom. The fourth-order valence-corrected chi connectivity index (χ4v) is 1.47. The van der Waals surface area contributed by atoms with Crippen molar-refractivity contribution in [3.05, 3.63) is 35.4 Å². The quantitative estimate of drug-likeness (QED) is 0.703. The summed E-state index contributed by atoms with van der Waals surface area (Å²) in [7, 11) is 0. The number of carboxylic acids is 1. The van der Waals surface area contributed by atoms with Gasteiger partial charge < -0.3 is 16.2 Å². The number of nitrogens with one attached hydrogen (secondary N) is 1. The summed E-state index contributed by atoms with van der Waals surface area (Å²) in [4.78, 5) is 33.2. The third kappa shape index (κ3) is 4.63. The summed E-state index contributed by atoms with van der Waals surface area (Å²) in [6, 6.07) is 0.747. The Morgan fingerprint density at radius 1 is 1.20 bits per heavy atom. The highest BCUT2D eigenvalue weighted by molar-refractivity contribution is 5.96. The van der Waals surface area contributed by atoms with E-state index >= 15 is 0 Å². The summed E-state index contributed by atoms with van der Waals surface area (Å²) in [6.45, 7) is 0. The van der Waals surface area contributed by atoms with Crippen LogP contribution in [0.1, 0.15) is 23.2 Å². The lowest BCUT2D eigenvalue weighted by atomic mass is 10.1. The van der Waals surface area contributed by atoms with Gasteiger partial charge in [0.1, 0.15) is 17.7 Å². The van der Waals surface area contributed by atoms with Crippen LogP contribution in [-0.2, 0) is 9.59 Å². The minimum absolute atomic E-state index is 0.214. The van der Waals surface area contributed by atoms with Crippen LogP contribution in [0.4, 0.5) is 8.78 Å². The Kier molecular flexibility index (Phi) is 5.13. The molecule has 8 heteroatoms. The fraction of sp³-hybridized carbons (Fsp3) is 0.250. The van der Waals surface area contributed by atoms with Gasteiger partial charge in [0.15, 0.2) is 0 Å². The molecule has 1 aromatic rings. The first kappa shape index (κ1) is 15.5. The average molecular weight is 286 g/mol. The van der Waals surface area contributed by atoms with E-state index in [4.69, 9.17) is 10.8 Å². The molecule has 0 aromatic heterocycles. The van der Waals surface area contributed by atoms with E-state index in [2.05, 4.69) is 5.32 Å². The number of carbonyl (C=O) groups excluding carboxylic acids is 2. The van der Waals surface area contributed by atoms with Crippen molar-refractivity contribution in [2.75, 3.05) is 0 Å². The molecule has 20 heavy (non-hydrogen) atoms. The second kappa shape index (κ2) is 6.60. The number of rotatable bonds is 6. The van der Waals surface area contributed by atoms with Crippen molar-refractivity contribution in [2.24, 2.45) is 5.73 Å². The van der Waals surface area contributed by atoms with Crippen LogP contribution in [0.3, 0.4) is 0 Å². The molecule has 0 radical (unpaired) electrons. The molecule has 0 saturated carbocycles. The van der Waals surface area contributed by atoms with E-state index in [1.807, 2.05) is 0 Å². The molecule has 0 unspecified atom stereocenters. The minimum Gasteiger partial charge on any atom is -0.480 e. The summed E-state index contributed by atoms with van der Waals surface area (Å²) >= 11 is 0. The lowest BCUT2D eigenvalue weighted by molar-refractivity contribution is -0.139. The average Bonchev–Trinajstić information content (AvgIpc) is 2.32. The molecule has 2 amide bonds. The Balaban J connectivity index is 2.79. The number of halogens is 2. The van der Waals surface area contributed by atoms with Crippen molar-refractivity contribution in [1.29, 1.82) is 0 Å². The first-order chi connectivity index (χ1) is 9.29. The van der Waals surface area contributed by atoms with E-state index in [9.17, 15) is 23.2 Å². The monoisotopic (exact) mass is 286 g/mol. The lowest BCUT2D eigenvalue weighted by Crippen LogP contribution is -2.41. The topological polar surface area (TPSA) is 109 Å². The summed E-state index contributed by atoms with van der Waals surface area (Å²) in [5.74, 6) is -4.97. The predicted octanol–water partition coefficient (Wildman–Crippen LogP) is 0.413. The number of nitrogens with two attached hydrogens (primary N) is 1. The first-order valence-corrected chi connectivity index (χ1v) is 5.57. The molecule has 0 aliphatic carbocycles. The standard InChI is InChI=1S/C12H12F2N2O4/c13-7-3-6(4-8(14)5-7)11(18)16-9(12(19)20)1-2-10(15)17/h3-5,9H,1-2H2,(H2,15,17)(H,16,18)(H,19,20)/t9-/m1/s1.